The summed E-state index contributed by atoms with van der Waals surface area (Å²) in [6.45, 7) is 5.90. The highest BCUT2D eigenvalue weighted by Crippen LogP contribution is 2.32. The third kappa shape index (κ3) is 3.37. The Morgan fingerprint density at radius 2 is 2.20 bits per heavy atom. The molecule has 1 aromatic carbocycles. The van der Waals surface area contributed by atoms with Crippen LogP contribution in [0.1, 0.15) is 31.1 Å². The minimum atomic E-state index is 0.0717. The Balaban J connectivity index is 2.56. The van der Waals surface area contributed by atoms with E-state index in [0.29, 0.717) is 0 Å². The molecule has 1 N–H and O–H groups in total. The fourth-order valence-electron chi connectivity index (χ4n) is 2.20. The molecule has 0 fully saturated rings. The van der Waals surface area contributed by atoms with Crippen molar-refractivity contribution in [3.8, 4) is 0 Å². The molecule has 0 radical (unpaired) electrons. The average Bonchev–Trinajstić information content (AvgIpc) is 2.80. The summed E-state index contributed by atoms with van der Waals surface area (Å²) in [6, 6.07) is 6.06. The zero-order valence-corrected chi connectivity index (χ0v) is 15.8. The number of nitrogens with one attached hydrogen (secondary N) is 1. The first kappa shape index (κ1) is 16.3. The largest absolute Gasteiger partial charge is 0.305 e. The van der Waals surface area contributed by atoms with E-state index in [4.69, 9.17) is 11.6 Å². The first-order chi connectivity index (χ1) is 9.58. The third-order valence-electron chi connectivity index (χ3n) is 3.08. The van der Waals surface area contributed by atoms with Gasteiger partial charge in [-0.25, -0.2) is 0 Å². The molecule has 0 amide bonds. The monoisotopic (exact) mass is 467 g/mol. The van der Waals surface area contributed by atoms with E-state index in [1.807, 2.05) is 29.1 Å². The summed E-state index contributed by atoms with van der Waals surface area (Å²) in [4.78, 5) is 0. The SMILES string of the molecule is CCNC(c1cc(Cl)ccc1I)c1c(Br)cnn1CC. The summed E-state index contributed by atoms with van der Waals surface area (Å²) in [6.07, 6.45) is 1.85. The van der Waals surface area contributed by atoms with E-state index in [1.54, 1.807) is 0 Å². The molecular formula is C14H16BrClIN3. The summed E-state index contributed by atoms with van der Waals surface area (Å²) in [5.74, 6) is 0. The van der Waals surface area contributed by atoms with E-state index < -0.39 is 0 Å². The molecule has 108 valence electrons. The molecule has 0 aliphatic rings. The van der Waals surface area contributed by atoms with Crippen LogP contribution in [0.5, 0.6) is 0 Å². The van der Waals surface area contributed by atoms with Gasteiger partial charge in [-0.2, -0.15) is 5.10 Å². The van der Waals surface area contributed by atoms with Gasteiger partial charge in [0.25, 0.3) is 0 Å². The molecule has 1 atom stereocenters. The molecule has 2 aromatic rings. The molecule has 0 aliphatic carbocycles. The molecule has 0 bridgehead atoms. The van der Waals surface area contributed by atoms with Crippen LogP contribution in [0.15, 0.2) is 28.9 Å². The van der Waals surface area contributed by atoms with E-state index in [2.05, 4.69) is 62.8 Å². The van der Waals surface area contributed by atoms with Crippen LogP contribution in [0.3, 0.4) is 0 Å². The van der Waals surface area contributed by atoms with E-state index in [1.165, 1.54) is 9.13 Å². The summed E-state index contributed by atoms with van der Waals surface area (Å²) in [5, 5.41) is 8.69. The number of rotatable bonds is 5. The van der Waals surface area contributed by atoms with E-state index in [0.717, 1.165) is 28.3 Å². The number of halogens is 3. The molecule has 0 saturated heterocycles. The van der Waals surface area contributed by atoms with Crippen LogP contribution in [0.25, 0.3) is 0 Å². The molecule has 20 heavy (non-hydrogen) atoms. The smallest absolute Gasteiger partial charge is 0.0770 e. The zero-order valence-electron chi connectivity index (χ0n) is 11.3. The van der Waals surface area contributed by atoms with Crippen molar-refractivity contribution in [3.63, 3.8) is 0 Å². The Bertz CT molecular complexity index is 600. The van der Waals surface area contributed by atoms with Crippen LogP contribution in [0.4, 0.5) is 0 Å². The second kappa shape index (κ2) is 7.24. The lowest BCUT2D eigenvalue weighted by Crippen LogP contribution is -2.26. The second-order valence-electron chi connectivity index (χ2n) is 4.35. The Kier molecular flexibility index (Phi) is 5.89. The molecule has 3 nitrogen and oxygen atoms in total. The Labute approximate surface area is 146 Å². The minimum Gasteiger partial charge on any atom is -0.305 e. The fourth-order valence-corrected chi connectivity index (χ4v) is 3.56. The van der Waals surface area contributed by atoms with Crippen LogP contribution < -0.4 is 5.32 Å². The Morgan fingerprint density at radius 3 is 2.85 bits per heavy atom. The standard InChI is InChI=1S/C14H16BrClIN3/c1-3-18-13(10-7-9(16)5-6-12(10)17)14-11(15)8-19-20(14)4-2/h5-8,13,18H,3-4H2,1-2H3. The number of nitrogens with zero attached hydrogens (tertiary/aromatic N) is 2. The predicted molar refractivity (Wildman–Crippen MR) is 95.3 cm³/mol. The number of hydrogen-bond donors (Lipinski definition) is 1. The maximum absolute atomic E-state index is 6.17. The quantitative estimate of drug-likeness (QED) is 0.649. The summed E-state index contributed by atoms with van der Waals surface area (Å²) >= 11 is 12.1. The summed E-state index contributed by atoms with van der Waals surface area (Å²) in [5.41, 5.74) is 2.31. The van der Waals surface area contributed by atoms with Crippen molar-refractivity contribution >= 4 is 50.1 Å². The van der Waals surface area contributed by atoms with Crippen molar-refractivity contribution in [1.82, 2.24) is 15.1 Å². The fraction of sp³-hybridized carbons (Fsp3) is 0.357. The highest BCUT2D eigenvalue weighted by Gasteiger charge is 2.22. The Morgan fingerprint density at radius 1 is 1.45 bits per heavy atom. The lowest BCUT2D eigenvalue weighted by molar-refractivity contribution is 0.539. The highest BCUT2D eigenvalue weighted by atomic mass is 127. The van der Waals surface area contributed by atoms with Crippen LogP contribution in [0, 0.1) is 3.57 Å². The van der Waals surface area contributed by atoms with Crippen LogP contribution >= 0.6 is 50.1 Å². The lowest BCUT2D eigenvalue weighted by Gasteiger charge is -2.22. The van der Waals surface area contributed by atoms with Gasteiger partial charge in [0.2, 0.25) is 0 Å². The summed E-state index contributed by atoms with van der Waals surface area (Å²) in [7, 11) is 0. The number of hydrogen-bond acceptors (Lipinski definition) is 2. The molecule has 2 rings (SSSR count). The van der Waals surface area contributed by atoms with Gasteiger partial charge < -0.3 is 5.32 Å². The maximum atomic E-state index is 6.17. The van der Waals surface area contributed by atoms with Crippen molar-refractivity contribution in [2.24, 2.45) is 0 Å². The van der Waals surface area contributed by atoms with Crippen LogP contribution in [-0.2, 0) is 6.54 Å². The first-order valence-corrected chi connectivity index (χ1v) is 8.73. The van der Waals surface area contributed by atoms with Gasteiger partial charge in [-0.1, -0.05) is 18.5 Å². The lowest BCUT2D eigenvalue weighted by atomic mass is 10.0. The van der Waals surface area contributed by atoms with Crippen molar-refractivity contribution in [2.75, 3.05) is 6.54 Å². The van der Waals surface area contributed by atoms with Gasteiger partial charge >= 0.3 is 0 Å². The number of benzene rings is 1. The van der Waals surface area contributed by atoms with Crippen LogP contribution in [0.2, 0.25) is 5.02 Å². The molecule has 0 spiro atoms. The zero-order chi connectivity index (χ0) is 14.7. The molecule has 0 saturated carbocycles. The Hall–Kier alpha value is -0.110. The number of aryl methyl sites for hydroxylation is 1. The van der Waals surface area contributed by atoms with Gasteiger partial charge in [-0.3, -0.25) is 4.68 Å². The first-order valence-electron chi connectivity index (χ1n) is 6.48. The molecule has 1 aromatic heterocycles. The van der Waals surface area contributed by atoms with E-state index >= 15 is 0 Å². The molecule has 1 unspecified atom stereocenters. The second-order valence-corrected chi connectivity index (χ2v) is 6.80. The van der Waals surface area contributed by atoms with Crippen molar-refractivity contribution in [3.05, 3.63) is 48.7 Å². The van der Waals surface area contributed by atoms with Gasteiger partial charge in [-0.05, 0) is 75.8 Å². The van der Waals surface area contributed by atoms with E-state index in [9.17, 15) is 0 Å². The molecular weight excluding hydrogens is 452 g/mol. The van der Waals surface area contributed by atoms with Gasteiger partial charge in [-0.15, -0.1) is 0 Å². The average molecular weight is 469 g/mol. The predicted octanol–water partition coefficient (Wildman–Crippen LogP) is 4.62. The van der Waals surface area contributed by atoms with Gasteiger partial charge in [0, 0.05) is 15.1 Å². The topological polar surface area (TPSA) is 29.9 Å². The van der Waals surface area contributed by atoms with Crippen LogP contribution in [-0.4, -0.2) is 16.3 Å². The third-order valence-corrected chi connectivity index (χ3v) is 4.91. The molecule has 0 aliphatic heterocycles. The van der Waals surface area contributed by atoms with Crippen molar-refractivity contribution in [2.45, 2.75) is 26.4 Å². The molecule has 1 heterocycles. The minimum absolute atomic E-state index is 0.0717. The number of aromatic nitrogens is 2. The van der Waals surface area contributed by atoms with Crippen molar-refractivity contribution in [1.29, 1.82) is 0 Å². The highest BCUT2D eigenvalue weighted by molar-refractivity contribution is 14.1. The maximum Gasteiger partial charge on any atom is 0.0770 e. The van der Waals surface area contributed by atoms with Gasteiger partial charge in [0.05, 0.1) is 22.4 Å². The van der Waals surface area contributed by atoms with Crippen molar-refractivity contribution < 1.29 is 0 Å². The molecule has 6 heteroatoms. The normalized spacial score (nSPS) is 12.7. The van der Waals surface area contributed by atoms with Gasteiger partial charge in [0.15, 0.2) is 0 Å². The van der Waals surface area contributed by atoms with Gasteiger partial charge in [0.1, 0.15) is 0 Å². The van der Waals surface area contributed by atoms with E-state index in [-0.39, 0.29) is 6.04 Å². The summed E-state index contributed by atoms with van der Waals surface area (Å²) < 4.78 is 4.21.